The maximum Gasteiger partial charge on any atom is 0.406 e. The van der Waals surface area contributed by atoms with Gasteiger partial charge in [-0.15, -0.1) is 0 Å². The number of carbonyl (C=O) groups is 2. The fourth-order valence-corrected chi connectivity index (χ4v) is 1.43. The monoisotopic (exact) mass is 295 g/mol. The van der Waals surface area contributed by atoms with Gasteiger partial charge in [-0.05, 0) is 12.1 Å². The number of nitrogens with zero attached hydrogens (tertiary/aromatic N) is 1. The number of aromatic hydroxyl groups is 1. The molecule has 2 N–H and O–H groups in total. The number of hydrogen-bond donors (Lipinski definition) is 2. The van der Waals surface area contributed by atoms with Gasteiger partial charge in [0.1, 0.15) is 24.7 Å². The number of carboxylic acids is 1. The number of halogens is 4. The zero-order chi connectivity index (χ0) is 15.5. The maximum absolute atomic E-state index is 13.4. The smallest absolute Gasteiger partial charge is 0.406 e. The molecule has 0 heterocycles. The highest BCUT2D eigenvalue weighted by atomic mass is 19.4. The molecule has 20 heavy (non-hydrogen) atoms. The Morgan fingerprint density at radius 3 is 2.30 bits per heavy atom. The minimum Gasteiger partial charge on any atom is -0.508 e. The van der Waals surface area contributed by atoms with Crippen molar-refractivity contribution in [1.29, 1.82) is 0 Å². The first kappa shape index (κ1) is 15.7. The lowest BCUT2D eigenvalue weighted by Gasteiger charge is -2.22. The van der Waals surface area contributed by atoms with Gasteiger partial charge < -0.3 is 15.1 Å². The van der Waals surface area contributed by atoms with Gasteiger partial charge in [-0.3, -0.25) is 9.59 Å². The van der Waals surface area contributed by atoms with Crippen LogP contribution in [0.15, 0.2) is 18.2 Å². The summed E-state index contributed by atoms with van der Waals surface area (Å²) in [5.41, 5.74) is -0.756. The summed E-state index contributed by atoms with van der Waals surface area (Å²) in [5.74, 6) is -4.85. The van der Waals surface area contributed by atoms with Gasteiger partial charge in [-0.1, -0.05) is 0 Å². The van der Waals surface area contributed by atoms with Gasteiger partial charge in [0.15, 0.2) is 0 Å². The highest BCUT2D eigenvalue weighted by molar-refractivity contribution is 5.96. The van der Waals surface area contributed by atoms with E-state index in [1.807, 2.05) is 0 Å². The van der Waals surface area contributed by atoms with E-state index in [-0.39, 0.29) is 4.90 Å². The van der Waals surface area contributed by atoms with Gasteiger partial charge in [0.25, 0.3) is 5.91 Å². The molecular weight excluding hydrogens is 286 g/mol. The average Bonchev–Trinajstić information content (AvgIpc) is 2.24. The lowest BCUT2D eigenvalue weighted by molar-refractivity contribution is -0.149. The van der Waals surface area contributed by atoms with Gasteiger partial charge in [0.2, 0.25) is 0 Å². The number of phenols is 1. The first-order valence-corrected chi connectivity index (χ1v) is 5.16. The van der Waals surface area contributed by atoms with Crippen molar-refractivity contribution in [3.63, 3.8) is 0 Å². The van der Waals surface area contributed by atoms with Crippen molar-refractivity contribution in [2.24, 2.45) is 0 Å². The summed E-state index contributed by atoms with van der Waals surface area (Å²) >= 11 is 0. The second-order valence-corrected chi connectivity index (χ2v) is 3.83. The van der Waals surface area contributed by atoms with Crippen LogP contribution in [0.3, 0.4) is 0 Å². The van der Waals surface area contributed by atoms with E-state index < -0.39 is 48.3 Å². The lowest BCUT2D eigenvalue weighted by atomic mass is 10.1. The van der Waals surface area contributed by atoms with Crippen LogP contribution in [0.25, 0.3) is 0 Å². The second kappa shape index (κ2) is 5.76. The predicted octanol–water partition coefficient (Wildman–Crippen LogP) is 1.62. The molecule has 9 heteroatoms. The van der Waals surface area contributed by atoms with E-state index in [9.17, 15) is 27.2 Å². The number of hydrogen-bond acceptors (Lipinski definition) is 3. The minimum atomic E-state index is -4.82. The van der Waals surface area contributed by atoms with E-state index in [2.05, 4.69) is 0 Å². The molecule has 0 saturated heterocycles. The largest absolute Gasteiger partial charge is 0.508 e. The first-order valence-electron chi connectivity index (χ1n) is 5.16. The quantitative estimate of drug-likeness (QED) is 0.827. The average molecular weight is 295 g/mol. The first-order chi connectivity index (χ1) is 9.10. The third kappa shape index (κ3) is 4.41. The van der Waals surface area contributed by atoms with E-state index in [0.717, 1.165) is 12.1 Å². The topological polar surface area (TPSA) is 77.8 Å². The van der Waals surface area contributed by atoms with Crippen molar-refractivity contribution in [3.05, 3.63) is 29.6 Å². The Morgan fingerprint density at radius 2 is 1.85 bits per heavy atom. The molecule has 0 unspecified atom stereocenters. The molecular formula is C11H9F4NO4. The van der Waals surface area contributed by atoms with Crippen LogP contribution in [0.1, 0.15) is 10.4 Å². The maximum atomic E-state index is 13.4. The molecule has 1 aromatic carbocycles. The zero-order valence-electron chi connectivity index (χ0n) is 9.82. The van der Waals surface area contributed by atoms with E-state index in [1.165, 1.54) is 0 Å². The van der Waals surface area contributed by atoms with E-state index in [0.29, 0.717) is 6.07 Å². The fourth-order valence-electron chi connectivity index (χ4n) is 1.43. The molecule has 1 aromatic rings. The van der Waals surface area contributed by atoms with Crippen LogP contribution >= 0.6 is 0 Å². The van der Waals surface area contributed by atoms with E-state index >= 15 is 0 Å². The Hall–Kier alpha value is -2.32. The molecule has 0 aliphatic carbocycles. The van der Waals surface area contributed by atoms with Crippen molar-refractivity contribution in [2.75, 3.05) is 13.1 Å². The molecule has 0 aliphatic rings. The second-order valence-electron chi connectivity index (χ2n) is 3.83. The number of phenolic OH excluding ortho intramolecular Hbond substituents is 1. The van der Waals surface area contributed by atoms with Gasteiger partial charge in [0, 0.05) is 6.07 Å². The fraction of sp³-hybridized carbons (Fsp3) is 0.273. The molecule has 0 saturated carbocycles. The molecule has 1 amide bonds. The van der Waals surface area contributed by atoms with Crippen molar-refractivity contribution in [3.8, 4) is 5.75 Å². The van der Waals surface area contributed by atoms with Crippen LogP contribution in [-0.4, -0.2) is 46.3 Å². The molecule has 0 aromatic heterocycles. The number of carboxylic acid groups (broad SMARTS) is 1. The molecule has 0 atom stereocenters. The summed E-state index contributed by atoms with van der Waals surface area (Å²) in [6.45, 7) is -3.04. The van der Waals surface area contributed by atoms with Crippen LogP contribution in [0.5, 0.6) is 5.75 Å². The molecule has 5 nitrogen and oxygen atoms in total. The number of rotatable bonds is 4. The molecule has 0 fully saturated rings. The molecule has 0 bridgehead atoms. The standard InChI is InChI=1S/C11H9F4NO4/c12-8-3-6(17)1-2-7(8)10(20)16(4-9(18)19)5-11(13,14)15/h1-3,17H,4-5H2,(H,18,19). The summed E-state index contributed by atoms with van der Waals surface area (Å²) in [6, 6.07) is 2.22. The Morgan fingerprint density at radius 1 is 1.25 bits per heavy atom. The Bertz CT molecular complexity index is 530. The van der Waals surface area contributed by atoms with Crippen LogP contribution in [0, 0.1) is 5.82 Å². The number of alkyl halides is 3. The van der Waals surface area contributed by atoms with Gasteiger partial charge in [-0.2, -0.15) is 13.2 Å². The molecule has 0 aliphatic heterocycles. The number of benzene rings is 1. The summed E-state index contributed by atoms with van der Waals surface area (Å²) < 4.78 is 50.2. The van der Waals surface area contributed by atoms with Crippen LogP contribution in [0.2, 0.25) is 0 Å². The van der Waals surface area contributed by atoms with Gasteiger partial charge >= 0.3 is 12.1 Å². The lowest BCUT2D eigenvalue weighted by Crippen LogP contribution is -2.42. The summed E-state index contributed by atoms with van der Waals surface area (Å²) in [4.78, 5) is 22.2. The van der Waals surface area contributed by atoms with Crippen molar-refractivity contribution in [2.45, 2.75) is 6.18 Å². The highest BCUT2D eigenvalue weighted by Gasteiger charge is 2.35. The predicted molar refractivity (Wildman–Crippen MR) is 57.7 cm³/mol. The summed E-state index contributed by atoms with van der Waals surface area (Å²) in [7, 11) is 0. The number of aliphatic carboxylic acids is 1. The van der Waals surface area contributed by atoms with Crippen molar-refractivity contribution < 1.29 is 37.4 Å². The van der Waals surface area contributed by atoms with Crippen LogP contribution in [0.4, 0.5) is 17.6 Å². The third-order valence-electron chi connectivity index (χ3n) is 2.17. The summed E-state index contributed by atoms with van der Waals surface area (Å²) in [5, 5.41) is 17.4. The Labute approximate surface area is 110 Å². The van der Waals surface area contributed by atoms with Crippen LogP contribution in [-0.2, 0) is 4.79 Å². The van der Waals surface area contributed by atoms with Crippen LogP contribution < -0.4 is 0 Å². The summed E-state index contributed by atoms with van der Waals surface area (Å²) in [6.07, 6.45) is -4.82. The van der Waals surface area contributed by atoms with Gasteiger partial charge in [0.05, 0.1) is 5.56 Å². The van der Waals surface area contributed by atoms with Crippen molar-refractivity contribution in [1.82, 2.24) is 4.90 Å². The molecule has 0 radical (unpaired) electrons. The minimum absolute atomic E-state index is 0.0439. The van der Waals surface area contributed by atoms with Crippen molar-refractivity contribution >= 4 is 11.9 Å². The van der Waals surface area contributed by atoms with E-state index in [4.69, 9.17) is 10.2 Å². The Balaban J connectivity index is 3.06. The highest BCUT2D eigenvalue weighted by Crippen LogP contribution is 2.20. The van der Waals surface area contributed by atoms with E-state index in [1.54, 1.807) is 0 Å². The molecule has 110 valence electrons. The third-order valence-corrected chi connectivity index (χ3v) is 2.17. The van der Waals surface area contributed by atoms with Gasteiger partial charge in [-0.25, -0.2) is 4.39 Å². The SMILES string of the molecule is O=C(O)CN(CC(F)(F)F)C(=O)c1ccc(O)cc1F. The number of carbonyl (C=O) groups excluding carboxylic acids is 1. The normalized spacial score (nSPS) is 11.2. The number of amides is 1. The zero-order valence-corrected chi connectivity index (χ0v) is 9.82. The Kier molecular flexibility index (Phi) is 4.53. The molecule has 0 spiro atoms. The molecule has 1 rings (SSSR count).